The maximum absolute atomic E-state index is 7.09. The van der Waals surface area contributed by atoms with Gasteiger partial charge < -0.3 is 34.2 Å². The molecule has 3 aromatic rings. The molecule has 5 atom stereocenters. The SMILES string of the molecule is CCCCOC[C@H]1O[C@@H](c2cc(Cc3cc4ccccc4s3)ccc2OCCN)[C@H](OCCCC)[C@@H](OCCCC)[C@@H]1OCCCC. The maximum Gasteiger partial charge on any atom is 0.125 e. The van der Waals surface area contributed by atoms with Gasteiger partial charge in [-0.15, -0.1) is 11.3 Å². The number of thiophene rings is 1. The zero-order valence-corrected chi connectivity index (χ0v) is 30.1. The molecular formula is C39H59NO6S. The number of nitrogens with two attached hydrogens (primary N) is 1. The molecule has 0 bridgehead atoms. The number of fused-ring (bicyclic) bond motifs is 1. The van der Waals surface area contributed by atoms with Crippen molar-refractivity contribution in [3.63, 3.8) is 0 Å². The van der Waals surface area contributed by atoms with E-state index in [0.29, 0.717) is 46.2 Å². The van der Waals surface area contributed by atoms with E-state index < -0.39 is 6.10 Å². The number of hydrogen-bond donors (Lipinski definition) is 1. The van der Waals surface area contributed by atoms with E-state index in [9.17, 15) is 0 Å². The third-order valence-electron chi connectivity index (χ3n) is 8.59. The van der Waals surface area contributed by atoms with Crippen LogP contribution < -0.4 is 10.5 Å². The van der Waals surface area contributed by atoms with Gasteiger partial charge in [0.15, 0.2) is 0 Å². The van der Waals surface area contributed by atoms with Crippen LogP contribution in [0.5, 0.6) is 5.75 Å². The summed E-state index contributed by atoms with van der Waals surface area (Å²) in [5.74, 6) is 0.771. The Balaban J connectivity index is 1.74. The summed E-state index contributed by atoms with van der Waals surface area (Å²) in [7, 11) is 0. The Bertz CT molecular complexity index is 1250. The minimum atomic E-state index is -0.431. The van der Waals surface area contributed by atoms with Crippen LogP contribution in [0.2, 0.25) is 0 Å². The highest BCUT2D eigenvalue weighted by atomic mass is 32.1. The van der Waals surface area contributed by atoms with E-state index in [0.717, 1.165) is 69.1 Å². The summed E-state index contributed by atoms with van der Waals surface area (Å²) in [6.07, 6.45) is 7.20. The molecule has 0 radical (unpaired) electrons. The molecule has 1 saturated heterocycles. The van der Waals surface area contributed by atoms with Gasteiger partial charge in [-0.3, -0.25) is 0 Å². The topological polar surface area (TPSA) is 81.4 Å². The first-order valence-corrected chi connectivity index (χ1v) is 19.0. The van der Waals surface area contributed by atoms with Gasteiger partial charge in [0.25, 0.3) is 0 Å². The van der Waals surface area contributed by atoms with E-state index in [1.54, 1.807) is 0 Å². The number of hydrogen-bond acceptors (Lipinski definition) is 8. The summed E-state index contributed by atoms with van der Waals surface area (Å²) < 4.78 is 41.1. The molecule has 0 saturated carbocycles. The Hall–Kier alpha value is -2.04. The maximum atomic E-state index is 7.09. The Morgan fingerprint density at radius 1 is 0.723 bits per heavy atom. The van der Waals surface area contributed by atoms with Gasteiger partial charge in [-0.1, -0.05) is 77.6 Å². The summed E-state index contributed by atoms with van der Waals surface area (Å²) in [6.45, 7) is 12.6. The van der Waals surface area contributed by atoms with Crippen molar-refractivity contribution in [2.75, 3.05) is 46.2 Å². The van der Waals surface area contributed by atoms with Gasteiger partial charge in [-0.05, 0) is 60.9 Å². The van der Waals surface area contributed by atoms with Crippen LogP contribution in [0.1, 0.15) is 101 Å². The van der Waals surface area contributed by atoms with E-state index in [2.05, 4.69) is 76.2 Å². The average Bonchev–Trinajstić information content (AvgIpc) is 3.50. The van der Waals surface area contributed by atoms with Gasteiger partial charge in [0, 0.05) is 54.5 Å². The Morgan fingerprint density at radius 3 is 2.06 bits per heavy atom. The van der Waals surface area contributed by atoms with E-state index in [4.69, 9.17) is 34.2 Å². The van der Waals surface area contributed by atoms with E-state index in [1.807, 2.05) is 11.3 Å². The molecule has 0 amide bonds. The summed E-state index contributed by atoms with van der Waals surface area (Å²) >= 11 is 1.84. The highest BCUT2D eigenvalue weighted by Gasteiger charge is 2.49. The number of benzene rings is 2. The van der Waals surface area contributed by atoms with Crippen LogP contribution in [0.25, 0.3) is 10.1 Å². The second-order valence-electron chi connectivity index (χ2n) is 12.5. The van der Waals surface area contributed by atoms with Crippen molar-refractivity contribution in [1.82, 2.24) is 0 Å². The fraction of sp³-hybridized carbons (Fsp3) is 0.641. The zero-order valence-electron chi connectivity index (χ0n) is 29.3. The van der Waals surface area contributed by atoms with Crippen molar-refractivity contribution in [1.29, 1.82) is 0 Å². The first kappa shape index (κ1) is 37.8. The molecular weight excluding hydrogens is 610 g/mol. The third kappa shape index (κ3) is 11.2. The van der Waals surface area contributed by atoms with Crippen LogP contribution in [-0.4, -0.2) is 70.6 Å². The molecule has 0 spiro atoms. The first-order valence-electron chi connectivity index (χ1n) is 18.1. The van der Waals surface area contributed by atoms with Crippen molar-refractivity contribution in [2.24, 2.45) is 5.73 Å². The summed E-state index contributed by atoms with van der Waals surface area (Å²) in [5.41, 5.74) is 8.08. The lowest BCUT2D eigenvalue weighted by Crippen LogP contribution is -2.58. The fourth-order valence-electron chi connectivity index (χ4n) is 5.97. The van der Waals surface area contributed by atoms with E-state index in [-0.39, 0.29) is 24.4 Å². The van der Waals surface area contributed by atoms with E-state index >= 15 is 0 Å². The molecule has 0 aliphatic carbocycles. The lowest BCUT2D eigenvalue weighted by Gasteiger charge is -2.46. The Morgan fingerprint density at radius 2 is 1.38 bits per heavy atom. The second-order valence-corrected chi connectivity index (χ2v) is 13.7. The highest BCUT2D eigenvalue weighted by Crippen LogP contribution is 2.42. The molecule has 2 heterocycles. The summed E-state index contributed by atoms with van der Waals surface area (Å²) in [4.78, 5) is 1.32. The van der Waals surface area contributed by atoms with Gasteiger partial charge in [0.05, 0.1) is 6.61 Å². The molecule has 0 unspecified atom stereocenters. The molecule has 1 aliphatic rings. The Labute approximate surface area is 287 Å². The van der Waals surface area contributed by atoms with Crippen molar-refractivity contribution in [2.45, 2.75) is 116 Å². The van der Waals surface area contributed by atoms with Crippen molar-refractivity contribution in [3.05, 3.63) is 64.5 Å². The molecule has 1 aromatic heterocycles. The molecule has 1 fully saturated rings. The standard InChI is InChI=1S/C39H59NO6S/c1-5-9-20-41-28-34-37(43-21-10-6-2)39(45-23-12-8-4)38(44-22-11-7-3)36(46-34)32-26-29(17-18-33(32)42-24-19-40)25-31-27-30-15-13-14-16-35(30)47-31/h13-18,26-27,34,36-39H,5-12,19-25,28,40H2,1-4H3/t34-,36+,37-,38+,39+/m1/s1. The van der Waals surface area contributed by atoms with Gasteiger partial charge >= 0.3 is 0 Å². The monoisotopic (exact) mass is 669 g/mol. The van der Waals surface area contributed by atoms with Crippen LogP contribution >= 0.6 is 11.3 Å². The molecule has 2 N–H and O–H groups in total. The smallest absolute Gasteiger partial charge is 0.125 e. The zero-order chi connectivity index (χ0) is 33.3. The van der Waals surface area contributed by atoms with Gasteiger partial charge in [0.2, 0.25) is 0 Å². The minimum Gasteiger partial charge on any atom is -0.492 e. The normalized spacial score (nSPS) is 21.4. The molecule has 47 heavy (non-hydrogen) atoms. The predicted molar refractivity (Wildman–Crippen MR) is 193 cm³/mol. The van der Waals surface area contributed by atoms with Crippen LogP contribution in [0.4, 0.5) is 0 Å². The minimum absolute atomic E-state index is 0.307. The van der Waals surface area contributed by atoms with Crippen LogP contribution in [-0.2, 0) is 30.1 Å². The number of unbranched alkanes of at least 4 members (excludes halogenated alkanes) is 4. The molecule has 7 nitrogen and oxygen atoms in total. The average molecular weight is 670 g/mol. The summed E-state index contributed by atoms with van der Waals surface area (Å²) in [5, 5.41) is 1.28. The second kappa shape index (κ2) is 21.1. The van der Waals surface area contributed by atoms with E-state index in [1.165, 1.54) is 20.5 Å². The lowest BCUT2D eigenvalue weighted by atomic mass is 9.89. The molecule has 4 rings (SSSR count). The van der Waals surface area contributed by atoms with Gasteiger partial charge in [-0.25, -0.2) is 0 Å². The van der Waals surface area contributed by atoms with Gasteiger partial charge in [-0.2, -0.15) is 0 Å². The largest absolute Gasteiger partial charge is 0.492 e. The predicted octanol–water partition coefficient (Wildman–Crippen LogP) is 8.64. The van der Waals surface area contributed by atoms with Crippen molar-refractivity contribution >= 4 is 21.4 Å². The number of rotatable bonds is 23. The quantitative estimate of drug-likeness (QED) is 0.101. The Kier molecular flexibility index (Phi) is 17.0. The lowest BCUT2D eigenvalue weighted by molar-refractivity contribution is -0.268. The van der Waals surface area contributed by atoms with Gasteiger partial charge in [0.1, 0.15) is 42.9 Å². The third-order valence-corrected chi connectivity index (χ3v) is 9.71. The highest BCUT2D eigenvalue weighted by molar-refractivity contribution is 7.19. The van der Waals surface area contributed by atoms with Crippen LogP contribution in [0, 0.1) is 0 Å². The number of ether oxygens (including phenoxy) is 6. The van der Waals surface area contributed by atoms with Crippen molar-refractivity contribution < 1.29 is 28.4 Å². The molecule has 1 aliphatic heterocycles. The molecule has 2 aromatic carbocycles. The first-order chi connectivity index (χ1) is 23.1. The molecule has 262 valence electrons. The van der Waals surface area contributed by atoms with Crippen molar-refractivity contribution in [3.8, 4) is 5.75 Å². The van der Waals surface area contributed by atoms with Crippen LogP contribution in [0.3, 0.4) is 0 Å². The fourth-order valence-corrected chi connectivity index (χ4v) is 7.06. The summed E-state index contributed by atoms with van der Waals surface area (Å²) in [6, 6.07) is 17.3. The van der Waals surface area contributed by atoms with Crippen LogP contribution in [0.15, 0.2) is 48.5 Å². The molecule has 8 heteroatoms.